The summed E-state index contributed by atoms with van der Waals surface area (Å²) >= 11 is 3.50. The monoisotopic (exact) mass is 276 g/mol. The van der Waals surface area contributed by atoms with E-state index in [0.29, 0.717) is 0 Å². The van der Waals surface area contributed by atoms with Crippen molar-refractivity contribution < 1.29 is 0 Å². The summed E-state index contributed by atoms with van der Waals surface area (Å²) < 4.78 is 1.00. The molecule has 82 valence electrons. The molecule has 1 aromatic heterocycles. The average molecular weight is 277 g/mol. The Hall–Kier alpha value is -1.35. The number of benzene rings is 1. The fourth-order valence-corrected chi connectivity index (χ4v) is 2.05. The van der Waals surface area contributed by atoms with Gasteiger partial charge in [-0.3, -0.25) is 0 Å². The molecular weight excluding hydrogens is 264 g/mol. The van der Waals surface area contributed by atoms with Gasteiger partial charge < -0.3 is 5.32 Å². The van der Waals surface area contributed by atoms with Gasteiger partial charge in [0.2, 0.25) is 0 Å². The zero-order chi connectivity index (χ0) is 11.4. The topological polar surface area (TPSA) is 24.9 Å². The molecule has 0 unspecified atom stereocenters. The van der Waals surface area contributed by atoms with Crippen molar-refractivity contribution in [2.45, 2.75) is 13.5 Å². The Morgan fingerprint density at radius 1 is 1.25 bits per heavy atom. The minimum Gasteiger partial charge on any atom is -0.365 e. The summed E-state index contributed by atoms with van der Waals surface area (Å²) in [4.78, 5) is 4.33. The Morgan fingerprint density at radius 2 is 2.00 bits per heavy atom. The lowest BCUT2D eigenvalue weighted by Gasteiger charge is -2.07. The van der Waals surface area contributed by atoms with Crippen LogP contribution >= 0.6 is 15.9 Å². The molecule has 2 aromatic rings. The van der Waals surface area contributed by atoms with Crippen molar-refractivity contribution >= 4 is 21.7 Å². The fraction of sp³-hybridized carbons (Fsp3) is 0.154. The SMILES string of the molecule is Cc1cnc(NCc2ccccc2)c(Br)c1. The third-order valence-corrected chi connectivity index (χ3v) is 2.89. The van der Waals surface area contributed by atoms with Crippen molar-refractivity contribution in [3.8, 4) is 0 Å². The first-order chi connectivity index (χ1) is 7.75. The van der Waals surface area contributed by atoms with Gasteiger partial charge in [0.05, 0.1) is 4.47 Å². The van der Waals surface area contributed by atoms with Gasteiger partial charge in [-0.2, -0.15) is 0 Å². The number of halogens is 1. The molecule has 2 nitrogen and oxygen atoms in total. The smallest absolute Gasteiger partial charge is 0.140 e. The standard InChI is InChI=1S/C13H13BrN2/c1-10-7-12(14)13(15-8-10)16-9-11-5-3-2-4-6-11/h2-8H,9H2,1H3,(H,15,16). The second-order valence-electron chi connectivity index (χ2n) is 3.68. The highest BCUT2D eigenvalue weighted by Crippen LogP contribution is 2.20. The first-order valence-corrected chi connectivity index (χ1v) is 5.95. The van der Waals surface area contributed by atoms with Crippen LogP contribution in [0.15, 0.2) is 47.1 Å². The molecule has 1 aromatic carbocycles. The number of rotatable bonds is 3. The van der Waals surface area contributed by atoms with Crippen molar-refractivity contribution in [1.29, 1.82) is 0 Å². The van der Waals surface area contributed by atoms with E-state index in [9.17, 15) is 0 Å². The molecular formula is C13H13BrN2. The summed E-state index contributed by atoms with van der Waals surface area (Å²) in [5.41, 5.74) is 2.40. The minimum atomic E-state index is 0.787. The molecule has 3 heteroatoms. The summed E-state index contributed by atoms with van der Waals surface area (Å²) in [6, 6.07) is 12.3. The number of pyridine rings is 1. The molecule has 0 radical (unpaired) electrons. The minimum absolute atomic E-state index is 0.787. The summed E-state index contributed by atoms with van der Waals surface area (Å²) in [7, 11) is 0. The Kier molecular flexibility index (Phi) is 3.57. The quantitative estimate of drug-likeness (QED) is 0.923. The summed E-state index contributed by atoms with van der Waals surface area (Å²) in [6.07, 6.45) is 1.86. The third-order valence-electron chi connectivity index (χ3n) is 2.28. The molecule has 0 amide bonds. The van der Waals surface area contributed by atoms with E-state index in [-0.39, 0.29) is 0 Å². The molecule has 0 saturated heterocycles. The fourth-order valence-electron chi connectivity index (χ4n) is 1.45. The van der Waals surface area contributed by atoms with Crippen LogP contribution in [0.1, 0.15) is 11.1 Å². The van der Waals surface area contributed by atoms with Crippen LogP contribution in [0, 0.1) is 6.92 Å². The Balaban J connectivity index is 2.05. The van der Waals surface area contributed by atoms with E-state index in [4.69, 9.17) is 0 Å². The van der Waals surface area contributed by atoms with E-state index in [1.807, 2.05) is 31.3 Å². The first-order valence-electron chi connectivity index (χ1n) is 5.15. The van der Waals surface area contributed by atoms with Gasteiger partial charge in [-0.25, -0.2) is 4.98 Å². The van der Waals surface area contributed by atoms with Crippen LogP contribution in [0.4, 0.5) is 5.82 Å². The van der Waals surface area contributed by atoms with E-state index in [2.05, 4.69) is 44.4 Å². The van der Waals surface area contributed by atoms with Crippen LogP contribution < -0.4 is 5.32 Å². The number of hydrogen-bond acceptors (Lipinski definition) is 2. The van der Waals surface area contributed by atoms with Gasteiger partial charge in [0.25, 0.3) is 0 Å². The van der Waals surface area contributed by atoms with Gasteiger partial charge in [0, 0.05) is 12.7 Å². The maximum atomic E-state index is 4.33. The largest absolute Gasteiger partial charge is 0.365 e. The van der Waals surface area contributed by atoms with Crippen LogP contribution in [0.5, 0.6) is 0 Å². The number of anilines is 1. The van der Waals surface area contributed by atoms with Gasteiger partial charge in [0.1, 0.15) is 5.82 Å². The molecule has 0 aliphatic heterocycles. The van der Waals surface area contributed by atoms with Gasteiger partial charge in [-0.05, 0) is 40.0 Å². The number of aryl methyl sites for hydroxylation is 1. The zero-order valence-corrected chi connectivity index (χ0v) is 10.7. The van der Waals surface area contributed by atoms with Gasteiger partial charge in [-0.15, -0.1) is 0 Å². The highest BCUT2D eigenvalue weighted by atomic mass is 79.9. The molecule has 0 saturated carbocycles. The number of aromatic nitrogens is 1. The first kappa shape index (κ1) is 11.1. The molecule has 1 N–H and O–H groups in total. The van der Waals surface area contributed by atoms with E-state index in [1.54, 1.807) is 0 Å². The third kappa shape index (κ3) is 2.83. The number of hydrogen-bond donors (Lipinski definition) is 1. The molecule has 0 aliphatic carbocycles. The van der Waals surface area contributed by atoms with Crippen molar-refractivity contribution in [2.75, 3.05) is 5.32 Å². The van der Waals surface area contributed by atoms with E-state index in [0.717, 1.165) is 22.4 Å². The van der Waals surface area contributed by atoms with Crippen LogP contribution in [-0.2, 0) is 6.54 Å². The highest BCUT2D eigenvalue weighted by molar-refractivity contribution is 9.10. The second kappa shape index (κ2) is 5.12. The molecule has 0 bridgehead atoms. The molecule has 0 aliphatic rings. The van der Waals surface area contributed by atoms with Gasteiger partial charge >= 0.3 is 0 Å². The molecule has 2 rings (SSSR count). The molecule has 16 heavy (non-hydrogen) atoms. The summed E-state index contributed by atoms with van der Waals surface area (Å²) in [5.74, 6) is 0.884. The van der Waals surface area contributed by atoms with Crippen molar-refractivity contribution in [1.82, 2.24) is 4.98 Å². The van der Waals surface area contributed by atoms with Crippen LogP contribution in [0.3, 0.4) is 0 Å². The van der Waals surface area contributed by atoms with E-state index < -0.39 is 0 Å². The van der Waals surface area contributed by atoms with Crippen LogP contribution in [0.2, 0.25) is 0 Å². The van der Waals surface area contributed by atoms with Crippen molar-refractivity contribution in [3.05, 3.63) is 58.2 Å². The molecule has 1 heterocycles. The van der Waals surface area contributed by atoms with Crippen molar-refractivity contribution in [3.63, 3.8) is 0 Å². The Bertz CT molecular complexity index is 469. The maximum Gasteiger partial charge on any atom is 0.140 e. The lowest BCUT2D eigenvalue weighted by molar-refractivity contribution is 1.10. The maximum absolute atomic E-state index is 4.33. The van der Waals surface area contributed by atoms with Crippen LogP contribution in [-0.4, -0.2) is 4.98 Å². The number of nitrogens with one attached hydrogen (secondary N) is 1. The van der Waals surface area contributed by atoms with E-state index >= 15 is 0 Å². The Labute approximate surface area is 104 Å². The van der Waals surface area contributed by atoms with E-state index in [1.165, 1.54) is 5.56 Å². The van der Waals surface area contributed by atoms with Gasteiger partial charge in [-0.1, -0.05) is 30.3 Å². The predicted octanol–water partition coefficient (Wildman–Crippen LogP) is 3.76. The molecule has 0 atom stereocenters. The normalized spacial score (nSPS) is 10.1. The zero-order valence-electron chi connectivity index (χ0n) is 9.07. The number of nitrogens with zero attached hydrogens (tertiary/aromatic N) is 1. The van der Waals surface area contributed by atoms with Crippen LogP contribution in [0.25, 0.3) is 0 Å². The lowest BCUT2D eigenvalue weighted by atomic mass is 10.2. The highest BCUT2D eigenvalue weighted by Gasteiger charge is 2.00. The lowest BCUT2D eigenvalue weighted by Crippen LogP contribution is -2.01. The predicted molar refractivity (Wildman–Crippen MR) is 70.4 cm³/mol. The van der Waals surface area contributed by atoms with Crippen molar-refractivity contribution in [2.24, 2.45) is 0 Å². The van der Waals surface area contributed by atoms with Gasteiger partial charge in [0.15, 0.2) is 0 Å². The summed E-state index contributed by atoms with van der Waals surface area (Å²) in [6.45, 7) is 2.81. The second-order valence-corrected chi connectivity index (χ2v) is 4.54. The molecule has 0 fully saturated rings. The average Bonchev–Trinajstić information content (AvgIpc) is 2.29. The summed E-state index contributed by atoms with van der Waals surface area (Å²) in [5, 5.41) is 3.30. The Morgan fingerprint density at radius 3 is 2.69 bits per heavy atom. The molecule has 0 spiro atoms.